The summed E-state index contributed by atoms with van der Waals surface area (Å²) in [5.41, 5.74) is 10.5. The number of hydrogen-bond donors (Lipinski definition) is 2. The minimum absolute atomic E-state index is 0.180. The Labute approximate surface area is 150 Å². The molecule has 1 aliphatic carbocycles. The number of benzene rings is 2. The van der Waals surface area contributed by atoms with Gasteiger partial charge in [-0.05, 0) is 73.3 Å². The van der Waals surface area contributed by atoms with Crippen LogP contribution in [0, 0.1) is 5.92 Å². The zero-order valence-electron chi connectivity index (χ0n) is 15.0. The van der Waals surface area contributed by atoms with E-state index in [2.05, 4.69) is 24.3 Å². The number of rotatable bonds is 6. The van der Waals surface area contributed by atoms with E-state index in [0.29, 0.717) is 12.3 Å². The van der Waals surface area contributed by atoms with Gasteiger partial charge in [0.05, 0.1) is 13.2 Å². The molecule has 0 radical (unpaired) electrons. The summed E-state index contributed by atoms with van der Waals surface area (Å²) in [6.07, 6.45) is 5.33. The van der Waals surface area contributed by atoms with Crippen LogP contribution < -0.4 is 10.5 Å². The molecule has 3 unspecified atom stereocenters. The maximum atomic E-state index is 10.6. The maximum Gasteiger partial charge on any atom is 0.119 e. The van der Waals surface area contributed by atoms with E-state index in [0.717, 1.165) is 37.9 Å². The number of aliphatic hydroxyl groups excluding tert-OH is 1. The summed E-state index contributed by atoms with van der Waals surface area (Å²) >= 11 is 0. The van der Waals surface area contributed by atoms with Gasteiger partial charge in [0.25, 0.3) is 0 Å². The Hall–Kier alpha value is -1.84. The first-order valence-corrected chi connectivity index (χ1v) is 9.30. The van der Waals surface area contributed by atoms with Crippen LogP contribution in [-0.2, 0) is 19.3 Å². The van der Waals surface area contributed by atoms with Crippen molar-refractivity contribution in [3.05, 3.63) is 65.2 Å². The standard InChI is InChI=1S/C22H29NO2/c1-25-20-12-11-17-8-5-9-18(14-19(17)15-20)22(23)21(24)13-10-16-6-3-2-4-7-16/h2-4,6-7,11-12,15,18,21-22,24H,5,8-10,13-14,23H2,1H3. The number of nitrogens with two attached hydrogens (primary N) is 1. The van der Waals surface area contributed by atoms with E-state index in [1.165, 1.54) is 16.7 Å². The van der Waals surface area contributed by atoms with Crippen LogP contribution in [0.2, 0.25) is 0 Å². The number of methoxy groups -OCH3 is 1. The van der Waals surface area contributed by atoms with Crippen LogP contribution in [0.25, 0.3) is 0 Å². The molecule has 0 amide bonds. The molecule has 0 heterocycles. The second-order valence-electron chi connectivity index (χ2n) is 7.16. The third kappa shape index (κ3) is 4.62. The predicted octanol–water partition coefficient (Wildman–Crippen LogP) is 3.51. The third-order valence-electron chi connectivity index (χ3n) is 5.48. The van der Waals surface area contributed by atoms with Crippen molar-refractivity contribution in [3.63, 3.8) is 0 Å². The summed E-state index contributed by atoms with van der Waals surface area (Å²) in [5, 5.41) is 10.6. The van der Waals surface area contributed by atoms with E-state index < -0.39 is 6.10 Å². The van der Waals surface area contributed by atoms with Crippen molar-refractivity contribution in [1.82, 2.24) is 0 Å². The summed E-state index contributed by atoms with van der Waals surface area (Å²) in [5.74, 6) is 1.22. The van der Waals surface area contributed by atoms with Gasteiger partial charge >= 0.3 is 0 Å². The van der Waals surface area contributed by atoms with E-state index in [1.54, 1.807) is 7.11 Å². The zero-order valence-corrected chi connectivity index (χ0v) is 15.0. The fourth-order valence-corrected chi connectivity index (χ4v) is 3.90. The molecular weight excluding hydrogens is 310 g/mol. The SMILES string of the molecule is COc1ccc2c(c1)CC(C(N)C(O)CCc1ccccc1)CCC2. The van der Waals surface area contributed by atoms with Crippen molar-refractivity contribution in [3.8, 4) is 5.75 Å². The quantitative estimate of drug-likeness (QED) is 0.792. The number of aliphatic hydroxyl groups is 1. The van der Waals surface area contributed by atoms with Crippen molar-refractivity contribution in [2.45, 2.75) is 50.7 Å². The Morgan fingerprint density at radius 3 is 2.72 bits per heavy atom. The van der Waals surface area contributed by atoms with E-state index in [-0.39, 0.29) is 6.04 Å². The van der Waals surface area contributed by atoms with Crippen molar-refractivity contribution in [2.75, 3.05) is 7.11 Å². The Morgan fingerprint density at radius 2 is 1.96 bits per heavy atom. The first kappa shape index (κ1) is 18.0. The van der Waals surface area contributed by atoms with Gasteiger partial charge < -0.3 is 15.6 Å². The zero-order chi connectivity index (χ0) is 17.6. The summed E-state index contributed by atoms with van der Waals surface area (Å²) in [4.78, 5) is 0. The first-order valence-electron chi connectivity index (χ1n) is 9.30. The molecule has 3 nitrogen and oxygen atoms in total. The van der Waals surface area contributed by atoms with Crippen LogP contribution in [0.3, 0.4) is 0 Å². The molecular formula is C22H29NO2. The van der Waals surface area contributed by atoms with Crippen molar-refractivity contribution in [1.29, 1.82) is 0 Å². The topological polar surface area (TPSA) is 55.5 Å². The van der Waals surface area contributed by atoms with Gasteiger partial charge in [0.1, 0.15) is 5.75 Å². The number of ether oxygens (including phenoxy) is 1. The van der Waals surface area contributed by atoms with Gasteiger partial charge in [-0.15, -0.1) is 0 Å². The van der Waals surface area contributed by atoms with Crippen molar-refractivity contribution >= 4 is 0 Å². The highest BCUT2D eigenvalue weighted by atomic mass is 16.5. The minimum atomic E-state index is -0.461. The molecule has 3 N–H and O–H groups in total. The largest absolute Gasteiger partial charge is 0.497 e. The van der Waals surface area contributed by atoms with Crippen molar-refractivity contribution < 1.29 is 9.84 Å². The van der Waals surface area contributed by atoms with Crippen LogP contribution in [0.1, 0.15) is 36.0 Å². The molecule has 0 aromatic heterocycles. The van der Waals surface area contributed by atoms with E-state index in [1.807, 2.05) is 24.3 Å². The van der Waals surface area contributed by atoms with Gasteiger partial charge in [0.2, 0.25) is 0 Å². The lowest BCUT2D eigenvalue weighted by molar-refractivity contribution is 0.105. The van der Waals surface area contributed by atoms with E-state index in [4.69, 9.17) is 10.5 Å². The molecule has 2 aromatic rings. The molecule has 0 aliphatic heterocycles. The average Bonchev–Trinajstić information content (AvgIpc) is 2.87. The second-order valence-corrected chi connectivity index (χ2v) is 7.16. The fraction of sp³-hybridized carbons (Fsp3) is 0.455. The summed E-state index contributed by atoms with van der Waals surface area (Å²) in [6.45, 7) is 0. The molecule has 0 spiro atoms. The predicted molar refractivity (Wildman–Crippen MR) is 102 cm³/mol. The lowest BCUT2D eigenvalue weighted by Crippen LogP contribution is -2.42. The summed E-state index contributed by atoms with van der Waals surface area (Å²) in [7, 11) is 1.70. The Balaban J connectivity index is 1.63. The minimum Gasteiger partial charge on any atom is -0.497 e. The Bertz CT molecular complexity index is 671. The fourth-order valence-electron chi connectivity index (χ4n) is 3.90. The lowest BCUT2D eigenvalue weighted by Gasteiger charge is -2.27. The van der Waals surface area contributed by atoms with E-state index in [9.17, 15) is 5.11 Å². The average molecular weight is 339 g/mol. The van der Waals surface area contributed by atoms with Crippen LogP contribution in [0.15, 0.2) is 48.5 Å². The maximum absolute atomic E-state index is 10.6. The Kier molecular flexibility index (Phi) is 6.11. The summed E-state index contributed by atoms with van der Waals surface area (Å²) < 4.78 is 5.37. The lowest BCUT2D eigenvalue weighted by atomic mass is 9.85. The number of aryl methyl sites for hydroxylation is 2. The highest BCUT2D eigenvalue weighted by molar-refractivity contribution is 5.37. The molecule has 3 heteroatoms. The summed E-state index contributed by atoms with van der Waals surface area (Å²) in [6, 6.07) is 16.5. The first-order chi connectivity index (χ1) is 12.2. The van der Waals surface area contributed by atoms with Crippen LogP contribution >= 0.6 is 0 Å². The molecule has 3 atom stereocenters. The highest BCUT2D eigenvalue weighted by Crippen LogP contribution is 2.30. The normalized spacial score (nSPS) is 19.6. The van der Waals surface area contributed by atoms with Crippen LogP contribution in [0.5, 0.6) is 5.75 Å². The molecule has 0 saturated heterocycles. The molecule has 25 heavy (non-hydrogen) atoms. The molecule has 3 rings (SSSR count). The Morgan fingerprint density at radius 1 is 1.16 bits per heavy atom. The van der Waals surface area contributed by atoms with E-state index >= 15 is 0 Å². The van der Waals surface area contributed by atoms with Gasteiger partial charge in [-0.1, -0.05) is 36.4 Å². The molecule has 134 valence electrons. The van der Waals surface area contributed by atoms with Gasteiger partial charge in [-0.3, -0.25) is 0 Å². The van der Waals surface area contributed by atoms with Crippen LogP contribution in [-0.4, -0.2) is 24.4 Å². The molecule has 0 saturated carbocycles. The molecule has 0 fully saturated rings. The highest BCUT2D eigenvalue weighted by Gasteiger charge is 2.27. The second kappa shape index (κ2) is 8.50. The van der Waals surface area contributed by atoms with Gasteiger partial charge in [-0.25, -0.2) is 0 Å². The number of fused-ring (bicyclic) bond motifs is 1. The van der Waals surface area contributed by atoms with Gasteiger partial charge in [-0.2, -0.15) is 0 Å². The smallest absolute Gasteiger partial charge is 0.119 e. The number of hydrogen-bond acceptors (Lipinski definition) is 3. The van der Waals surface area contributed by atoms with Gasteiger partial charge in [0.15, 0.2) is 0 Å². The third-order valence-corrected chi connectivity index (χ3v) is 5.48. The monoisotopic (exact) mass is 339 g/mol. The molecule has 0 bridgehead atoms. The van der Waals surface area contributed by atoms with Gasteiger partial charge in [0, 0.05) is 6.04 Å². The van der Waals surface area contributed by atoms with Crippen LogP contribution in [0.4, 0.5) is 0 Å². The molecule has 2 aromatic carbocycles. The molecule has 1 aliphatic rings. The van der Waals surface area contributed by atoms with Crippen molar-refractivity contribution in [2.24, 2.45) is 11.7 Å².